The van der Waals surface area contributed by atoms with Gasteiger partial charge in [0.15, 0.2) is 0 Å². The fraction of sp³-hybridized carbons (Fsp3) is 0.778. The van der Waals surface area contributed by atoms with Gasteiger partial charge in [-0.2, -0.15) is 8.78 Å². The van der Waals surface area contributed by atoms with Crippen LogP contribution in [0.3, 0.4) is 0 Å². The Balaban J connectivity index is 3.90. The molecule has 0 spiro atoms. The maximum Gasteiger partial charge on any atom is 0.383 e. The van der Waals surface area contributed by atoms with Crippen LogP contribution in [0.2, 0.25) is 0 Å². The molecule has 0 aliphatic heterocycles. The standard InChI is InChI=1S/C9H14F4N2O2/c1-2-4-14-6(16)3-5-15-8(17)9(12,13)7(10)11/h7H,2-5H2,1H3,(H,14,16)(H,15,17). The average molecular weight is 258 g/mol. The quantitative estimate of drug-likeness (QED) is 0.667. The van der Waals surface area contributed by atoms with Gasteiger partial charge in [-0.1, -0.05) is 6.92 Å². The normalized spacial score (nSPS) is 11.4. The Morgan fingerprint density at radius 1 is 1.18 bits per heavy atom. The summed E-state index contributed by atoms with van der Waals surface area (Å²) in [5.41, 5.74) is 0. The van der Waals surface area contributed by atoms with Gasteiger partial charge in [0.2, 0.25) is 5.91 Å². The molecule has 0 saturated heterocycles. The van der Waals surface area contributed by atoms with Crippen LogP contribution in [0.15, 0.2) is 0 Å². The molecule has 0 unspecified atom stereocenters. The zero-order valence-electron chi connectivity index (χ0n) is 9.23. The van der Waals surface area contributed by atoms with Crippen LogP contribution in [0.4, 0.5) is 17.6 Å². The molecule has 0 rings (SSSR count). The molecule has 0 aromatic heterocycles. The minimum Gasteiger partial charge on any atom is -0.356 e. The van der Waals surface area contributed by atoms with E-state index in [1.807, 2.05) is 6.92 Å². The van der Waals surface area contributed by atoms with E-state index in [0.717, 1.165) is 0 Å². The number of carbonyl (C=O) groups excluding carboxylic acids is 2. The molecule has 0 radical (unpaired) electrons. The van der Waals surface area contributed by atoms with Crippen LogP contribution in [0.5, 0.6) is 0 Å². The largest absolute Gasteiger partial charge is 0.383 e. The summed E-state index contributed by atoms with van der Waals surface area (Å²) in [6.45, 7) is 1.85. The molecule has 0 aromatic rings. The van der Waals surface area contributed by atoms with Gasteiger partial charge in [0.1, 0.15) is 0 Å². The highest BCUT2D eigenvalue weighted by molar-refractivity contribution is 5.84. The van der Waals surface area contributed by atoms with Gasteiger partial charge in [-0.05, 0) is 6.42 Å². The molecular formula is C9H14F4N2O2. The molecule has 0 aliphatic carbocycles. The zero-order chi connectivity index (χ0) is 13.5. The van der Waals surface area contributed by atoms with E-state index in [2.05, 4.69) is 5.32 Å². The van der Waals surface area contributed by atoms with Crippen LogP contribution >= 0.6 is 0 Å². The van der Waals surface area contributed by atoms with Crippen molar-refractivity contribution < 1.29 is 27.2 Å². The molecule has 0 bridgehead atoms. The van der Waals surface area contributed by atoms with Crippen LogP contribution in [-0.4, -0.2) is 37.3 Å². The number of hydrogen-bond acceptors (Lipinski definition) is 2. The Bertz CT molecular complexity index is 272. The summed E-state index contributed by atoms with van der Waals surface area (Å²) in [5, 5.41) is 4.02. The van der Waals surface area contributed by atoms with E-state index in [1.165, 1.54) is 0 Å². The number of alkyl halides is 4. The van der Waals surface area contributed by atoms with Crippen LogP contribution < -0.4 is 10.6 Å². The zero-order valence-corrected chi connectivity index (χ0v) is 9.23. The first kappa shape index (κ1) is 15.7. The number of carbonyl (C=O) groups is 2. The van der Waals surface area contributed by atoms with E-state index in [1.54, 1.807) is 5.32 Å². The number of hydrogen-bond donors (Lipinski definition) is 2. The second-order valence-corrected chi connectivity index (χ2v) is 3.28. The van der Waals surface area contributed by atoms with Crippen molar-refractivity contribution in [3.05, 3.63) is 0 Å². The number of halogens is 4. The Kier molecular flexibility index (Phi) is 6.52. The van der Waals surface area contributed by atoms with E-state index in [-0.39, 0.29) is 6.42 Å². The van der Waals surface area contributed by atoms with E-state index in [0.29, 0.717) is 13.0 Å². The molecule has 0 aliphatic rings. The maximum atomic E-state index is 12.4. The van der Waals surface area contributed by atoms with Crippen molar-refractivity contribution in [2.75, 3.05) is 13.1 Å². The van der Waals surface area contributed by atoms with E-state index < -0.39 is 30.7 Å². The Morgan fingerprint density at radius 3 is 2.24 bits per heavy atom. The van der Waals surface area contributed by atoms with Crippen molar-refractivity contribution in [1.82, 2.24) is 10.6 Å². The van der Waals surface area contributed by atoms with Crippen molar-refractivity contribution >= 4 is 11.8 Å². The molecule has 0 heterocycles. The molecule has 0 aromatic carbocycles. The van der Waals surface area contributed by atoms with Gasteiger partial charge in [-0.3, -0.25) is 9.59 Å². The number of rotatable bonds is 7. The summed E-state index contributed by atoms with van der Waals surface area (Å²) < 4.78 is 48.3. The lowest BCUT2D eigenvalue weighted by atomic mass is 10.3. The summed E-state index contributed by atoms with van der Waals surface area (Å²) in [4.78, 5) is 21.6. The first-order valence-electron chi connectivity index (χ1n) is 5.03. The predicted molar refractivity (Wildman–Crippen MR) is 51.9 cm³/mol. The first-order valence-corrected chi connectivity index (χ1v) is 5.03. The summed E-state index contributed by atoms with van der Waals surface area (Å²) >= 11 is 0. The minimum atomic E-state index is -4.72. The van der Waals surface area contributed by atoms with Gasteiger partial charge >= 0.3 is 12.3 Å². The van der Waals surface area contributed by atoms with Gasteiger partial charge in [-0.15, -0.1) is 0 Å². The third kappa shape index (κ3) is 5.50. The molecule has 4 nitrogen and oxygen atoms in total. The van der Waals surface area contributed by atoms with Crippen molar-refractivity contribution in [2.24, 2.45) is 0 Å². The Labute approximate surface area is 95.7 Å². The molecule has 2 amide bonds. The van der Waals surface area contributed by atoms with E-state index >= 15 is 0 Å². The second kappa shape index (κ2) is 7.08. The predicted octanol–water partition coefficient (Wildman–Crippen LogP) is 0.919. The molecule has 0 atom stereocenters. The van der Waals surface area contributed by atoms with E-state index in [9.17, 15) is 27.2 Å². The number of nitrogens with one attached hydrogen (secondary N) is 2. The summed E-state index contributed by atoms with van der Waals surface area (Å²) in [5.74, 6) is -7.23. The highest BCUT2D eigenvalue weighted by Crippen LogP contribution is 2.22. The molecular weight excluding hydrogens is 244 g/mol. The lowest BCUT2D eigenvalue weighted by molar-refractivity contribution is -0.169. The first-order chi connectivity index (χ1) is 7.82. The topological polar surface area (TPSA) is 58.2 Å². The molecule has 0 saturated carbocycles. The third-order valence-electron chi connectivity index (χ3n) is 1.79. The van der Waals surface area contributed by atoms with E-state index in [4.69, 9.17) is 0 Å². The highest BCUT2D eigenvalue weighted by Gasteiger charge is 2.48. The maximum absolute atomic E-state index is 12.4. The molecule has 100 valence electrons. The highest BCUT2D eigenvalue weighted by atomic mass is 19.3. The lowest BCUT2D eigenvalue weighted by Crippen LogP contribution is -2.46. The van der Waals surface area contributed by atoms with Crippen LogP contribution in [-0.2, 0) is 9.59 Å². The van der Waals surface area contributed by atoms with Gasteiger partial charge in [-0.25, -0.2) is 8.78 Å². The molecule has 17 heavy (non-hydrogen) atoms. The lowest BCUT2D eigenvalue weighted by Gasteiger charge is -2.14. The van der Waals surface area contributed by atoms with Crippen molar-refractivity contribution in [2.45, 2.75) is 32.1 Å². The summed E-state index contributed by atoms with van der Waals surface area (Å²) in [6.07, 6.45) is -3.58. The smallest absolute Gasteiger partial charge is 0.356 e. The average Bonchev–Trinajstić information content (AvgIpc) is 2.25. The summed E-state index contributed by atoms with van der Waals surface area (Å²) in [6, 6.07) is 0. The third-order valence-corrected chi connectivity index (χ3v) is 1.79. The fourth-order valence-electron chi connectivity index (χ4n) is 0.859. The summed E-state index contributed by atoms with van der Waals surface area (Å²) in [7, 11) is 0. The van der Waals surface area contributed by atoms with Crippen molar-refractivity contribution in [1.29, 1.82) is 0 Å². The van der Waals surface area contributed by atoms with Crippen molar-refractivity contribution in [3.8, 4) is 0 Å². The number of amides is 2. The van der Waals surface area contributed by atoms with Crippen LogP contribution in [0.25, 0.3) is 0 Å². The Morgan fingerprint density at radius 2 is 1.76 bits per heavy atom. The van der Waals surface area contributed by atoms with Gasteiger partial charge < -0.3 is 10.6 Å². The van der Waals surface area contributed by atoms with Crippen LogP contribution in [0.1, 0.15) is 19.8 Å². The Hall–Kier alpha value is -1.34. The second-order valence-electron chi connectivity index (χ2n) is 3.28. The molecule has 2 N–H and O–H groups in total. The SMILES string of the molecule is CCCNC(=O)CCNC(=O)C(F)(F)C(F)F. The fourth-order valence-corrected chi connectivity index (χ4v) is 0.859. The van der Waals surface area contributed by atoms with Crippen LogP contribution in [0, 0.1) is 0 Å². The van der Waals surface area contributed by atoms with Gasteiger partial charge in [0, 0.05) is 19.5 Å². The van der Waals surface area contributed by atoms with Gasteiger partial charge in [0.05, 0.1) is 0 Å². The molecule has 0 fully saturated rings. The monoisotopic (exact) mass is 258 g/mol. The van der Waals surface area contributed by atoms with Gasteiger partial charge in [0.25, 0.3) is 5.91 Å². The minimum absolute atomic E-state index is 0.231. The van der Waals surface area contributed by atoms with Crippen molar-refractivity contribution in [3.63, 3.8) is 0 Å². The molecule has 8 heteroatoms.